The van der Waals surface area contributed by atoms with Gasteiger partial charge in [0.05, 0.1) is 6.10 Å². The van der Waals surface area contributed by atoms with Gasteiger partial charge in [-0.25, -0.2) is 4.79 Å². The van der Waals surface area contributed by atoms with Crippen molar-refractivity contribution >= 4 is 11.8 Å². The lowest BCUT2D eigenvalue weighted by atomic mass is 9.96. The second kappa shape index (κ2) is 5.79. The smallest absolute Gasteiger partial charge is 0.355 e. The second-order valence-corrected chi connectivity index (χ2v) is 5.45. The van der Waals surface area contributed by atoms with Gasteiger partial charge in [-0.2, -0.15) is 0 Å². The Morgan fingerprint density at radius 2 is 2.10 bits per heavy atom. The SMILES string of the molecule is Cc1[nH]c(C(=O)O[C@H]2CCCCC2=O)c(C)c1[C@@H](C)O. The first kappa shape index (κ1) is 14.8. The van der Waals surface area contributed by atoms with Crippen molar-refractivity contribution < 1.29 is 19.4 Å². The number of H-pyrrole nitrogens is 1. The Balaban J connectivity index is 2.17. The Hall–Kier alpha value is -1.62. The Labute approximate surface area is 118 Å². The third kappa shape index (κ3) is 2.77. The molecule has 0 aliphatic heterocycles. The molecule has 0 saturated heterocycles. The van der Waals surface area contributed by atoms with Gasteiger partial charge in [0.2, 0.25) is 0 Å². The lowest BCUT2D eigenvalue weighted by Gasteiger charge is -2.20. The molecule has 0 amide bonds. The minimum absolute atomic E-state index is 0.00119. The van der Waals surface area contributed by atoms with E-state index in [2.05, 4.69) is 4.98 Å². The van der Waals surface area contributed by atoms with Gasteiger partial charge in [0.1, 0.15) is 5.69 Å². The second-order valence-electron chi connectivity index (χ2n) is 5.45. The number of carbonyl (C=O) groups is 2. The maximum absolute atomic E-state index is 12.2. The van der Waals surface area contributed by atoms with Crippen LogP contribution in [0.3, 0.4) is 0 Å². The molecule has 0 aromatic carbocycles. The molecule has 5 nitrogen and oxygen atoms in total. The highest BCUT2D eigenvalue weighted by Crippen LogP contribution is 2.26. The van der Waals surface area contributed by atoms with Crippen LogP contribution in [0.15, 0.2) is 0 Å². The van der Waals surface area contributed by atoms with E-state index >= 15 is 0 Å². The van der Waals surface area contributed by atoms with Crippen LogP contribution >= 0.6 is 0 Å². The van der Waals surface area contributed by atoms with Crippen molar-refractivity contribution in [3.63, 3.8) is 0 Å². The van der Waals surface area contributed by atoms with E-state index in [9.17, 15) is 14.7 Å². The van der Waals surface area contributed by atoms with E-state index in [1.54, 1.807) is 20.8 Å². The molecule has 110 valence electrons. The molecule has 1 aromatic heterocycles. The molecule has 5 heteroatoms. The van der Waals surface area contributed by atoms with Crippen LogP contribution in [-0.4, -0.2) is 27.9 Å². The van der Waals surface area contributed by atoms with E-state index in [4.69, 9.17) is 4.74 Å². The van der Waals surface area contributed by atoms with Crippen LogP contribution in [0.4, 0.5) is 0 Å². The van der Waals surface area contributed by atoms with Gasteiger partial charge in [-0.3, -0.25) is 4.79 Å². The predicted molar refractivity (Wildman–Crippen MR) is 73.6 cm³/mol. The van der Waals surface area contributed by atoms with Gasteiger partial charge < -0.3 is 14.8 Å². The van der Waals surface area contributed by atoms with E-state index in [1.807, 2.05) is 0 Å². The Kier molecular flexibility index (Phi) is 4.28. The fourth-order valence-electron chi connectivity index (χ4n) is 2.86. The molecular formula is C15H21NO4. The third-order valence-corrected chi connectivity index (χ3v) is 3.87. The van der Waals surface area contributed by atoms with Crippen LogP contribution in [-0.2, 0) is 9.53 Å². The number of aryl methyl sites for hydroxylation is 1. The van der Waals surface area contributed by atoms with Crippen molar-refractivity contribution in [3.8, 4) is 0 Å². The van der Waals surface area contributed by atoms with E-state index < -0.39 is 18.2 Å². The summed E-state index contributed by atoms with van der Waals surface area (Å²) in [5.74, 6) is -0.515. The maximum Gasteiger partial charge on any atom is 0.355 e. The third-order valence-electron chi connectivity index (χ3n) is 3.87. The number of rotatable bonds is 3. The maximum atomic E-state index is 12.2. The number of aromatic amines is 1. The summed E-state index contributed by atoms with van der Waals surface area (Å²) in [5.41, 5.74) is 2.48. The quantitative estimate of drug-likeness (QED) is 0.832. The highest BCUT2D eigenvalue weighted by atomic mass is 16.5. The average Bonchev–Trinajstić information content (AvgIpc) is 2.67. The van der Waals surface area contributed by atoms with Crippen LogP contribution in [0.5, 0.6) is 0 Å². The van der Waals surface area contributed by atoms with Crippen molar-refractivity contribution in [1.29, 1.82) is 0 Å². The van der Waals surface area contributed by atoms with Crippen molar-refractivity contribution in [2.24, 2.45) is 0 Å². The zero-order valence-corrected chi connectivity index (χ0v) is 12.2. The molecular weight excluding hydrogens is 258 g/mol. The summed E-state index contributed by atoms with van der Waals surface area (Å²) in [7, 11) is 0. The fraction of sp³-hybridized carbons (Fsp3) is 0.600. The zero-order valence-electron chi connectivity index (χ0n) is 12.2. The van der Waals surface area contributed by atoms with Gasteiger partial charge >= 0.3 is 5.97 Å². The van der Waals surface area contributed by atoms with Crippen LogP contribution in [0.2, 0.25) is 0 Å². The molecule has 0 unspecified atom stereocenters. The van der Waals surface area contributed by atoms with Gasteiger partial charge in [0, 0.05) is 17.7 Å². The summed E-state index contributed by atoms with van der Waals surface area (Å²) in [6.07, 6.45) is 1.61. The first-order valence-corrected chi connectivity index (χ1v) is 7.02. The molecule has 1 fully saturated rings. The Morgan fingerprint density at radius 3 is 2.65 bits per heavy atom. The number of Topliss-reactive ketones (excluding diaryl/α,β-unsaturated/α-hetero) is 1. The number of hydrogen-bond acceptors (Lipinski definition) is 4. The van der Waals surface area contributed by atoms with Gasteiger partial charge in [0.25, 0.3) is 0 Å². The molecule has 1 heterocycles. The summed E-state index contributed by atoms with van der Waals surface area (Å²) in [6.45, 7) is 5.23. The summed E-state index contributed by atoms with van der Waals surface area (Å²) in [5, 5.41) is 9.72. The minimum Gasteiger partial charge on any atom is -0.450 e. The minimum atomic E-state index is -0.649. The van der Waals surface area contributed by atoms with E-state index in [0.29, 0.717) is 29.7 Å². The van der Waals surface area contributed by atoms with Crippen LogP contribution in [0.25, 0.3) is 0 Å². The average molecular weight is 279 g/mol. The first-order valence-electron chi connectivity index (χ1n) is 7.02. The summed E-state index contributed by atoms with van der Waals surface area (Å²) in [4.78, 5) is 26.8. The van der Waals surface area contributed by atoms with Crippen LogP contribution in [0, 0.1) is 13.8 Å². The lowest BCUT2D eigenvalue weighted by molar-refractivity contribution is -0.129. The molecule has 2 N–H and O–H groups in total. The van der Waals surface area contributed by atoms with E-state index in [1.165, 1.54) is 0 Å². The number of aliphatic hydroxyl groups is 1. The number of carbonyl (C=O) groups excluding carboxylic acids is 2. The van der Waals surface area contributed by atoms with Crippen LogP contribution < -0.4 is 0 Å². The van der Waals surface area contributed by atoms with Gasteiger partial charge in [0.15, 0.2) is 11.9 Å². The summed E-state index contributed by atoms with van der Waals surface area (Å²) < 4.78 is 5.32. The molecule has 0 radical (unpaired) electrons. The first-order chi connectivity index (χ1) is 9.41. The largest absolute Gasteiger partial charge is 0.450 e. The molecule has 1 aliphatic carbocycles. The number of ether oxygens (including phenoxy) is 1. The summed E-state index contributed by atoms with van der Waals surface area (Å²) in [6, 6.07) is 0. The van der Waals surface area contributed by atoms with Crippen molar-refractivity contribution in [3.05, 3.63) is 22.5 Å². The highest BCUT2D eigenvalue weighted by molar-refractivity contribution is 5.93. The van der Waals surface area contributed by atoms with Crippen molar-refractivity contribution in [2.45, 2.75) is 58.7 Å². The Bertz CT molecular complexity index is 530. The van der Waals surface area contributed by atoms with Gasteiger partial charge in [-0.15, -0.1) is 0 Å². The lowest BCUT2D eigenvalue weighted by Crippen LogP contribution is -2.30. The zero-order chi connectivity index (χ0) is 14.9. The molecule has 0 bridgehead atoms. The number of hydrogen-bond donors (Lipinski definition) is 2. The molecule has 1 aromatic rings. The van der Waals surface area contributed by atoms with Gasteiger partial charge in [-0.05, 0) is 45.6 Å². The number of aromatic nitrogens is 1. The molecule has 20 heavy (non-hydrogen) atoms. The van der Waals surface area contributed by atoms with Gasteiger partial charge in [-0.1, -0.05) is 0 Å². The Morgan fingerprint density at radius 1 is 1.40 bits per heavy atom. The fourth-order valence-corrected chi connectivity index (χ4v) is 2.86. The molecule has 0 spiro atoms. The molecule has 1 saturated carbocycles. The predicted octanol–water partition coefficient (Wildman–Crippen LogP) is 2.35. The molecule has 1 aliphatic rings. The summed E-state index contributed by atoms with van der Waals surface area (Å²) >= 11 is 0. The number of esters is 1. The number of nitrogens with one attached hydrogen (secondary N) is 1. The number of aliphatic hydroxyl groups excluding tert-OH is 1. The highest BCUT2D eigenvalue weighted by Gasteiger charge is 2.28. The van der Waals surface area contributed by atoms with Crippen molar-refractivity contribution in [2.75, 3.05) is 0 Å². The monoisotopic (exact) mass is 279 g/mol. The molecule has 2 atom stereocenters. The standard InChI is InChI=1S/C15H21NO4/c1-8-13(10(3)17)9(2)16-14(8)15(19)20-12-7-5-4-6-11(12)18/h10,12,16-17H,4-7H2,1-3H3/t10-,12+/m1/s1. The van der Waals surface area contributed by atoms with E-state index in [-0.39, 0.29) is 5.78 Å². The van der Waals surface area contributed by atoms with Crippen LogP contribution in [0.1, 0.15) is 66.0 Å². The van der Waals surface area contributed by atoms with Crippen molar-refractivity contribution in [1.82, 2.24) is 4.98 Å². The number of ketones is 1. The normalized spacial score (nSPS) is 20.8. The topological polar surface area (TPSA) is 79.4 Å². The molecule has 2 rings (SSSR count). The van der Waals surface area contributed by atoms with E-state index in [0.717, 1.165) is 18.5 Å².